The van der Waals surface area contributed by atoms with Crippen molar-refractivity contribution in [2.45, 2.75) is 26.0 Å². The molecule has 2 N–H and O–H groups in total. The topological polar surface area (TPSA) is 44.5 Å². The van der Waals surface area contributed by atoms with Gasteiger partial charge in [0.25, 0.3) is 0 Å². The average molecular weight is 227 g/mol. The van der Waals surface area contributed by atoms with Gasteiger partial charge in [0.2, 0.25) is 0 Å². The first-order valence-corrected chi connectivity index (χ1v) is 5.25. The molecule has 1 rings (SSSR count). The van der Waals surface area contributed by atoms with Gasteiger partial charge in [-0.3, -0.25) is 0 Å². The Balaban J connectivity index is 2.87. The molecule has 0 spiro atoms. The van der Waals surface area contributed by atoms with Gasteiger partial charge in [-0.15, -0.1) is 0 Å². The molecule has 0 aliphatic carbocycles. The van der Waals surface area contributed by atoms with Crippen molar-refractivity contribution in [3.8, 4) is 5.75 Å². The summed E-state index contributed by atoms with van der Waals surface area (Å²) in [5.74, 6) is 0.156. The second kappa shape index (κ2) is 5.82. The molecule has 0 aliphatic rings. The maximum Gasteiger partial charge on any atom is 0.127 e. The lowest BCUT2D eigenvalue weighted by Crippen LogP contribution is -2.20. The van der Waals surface area contributed by atoms with Gasteiger partial charge in [-0.1, -0.05) is 6.07 Å². The molecule has 1 aromatic carbocycles. The lowest BCUT2D eigenvalue weighted by molar-refractivity contribution is 0.0910. The Kier molecular flexibility index (Phi) is 4.71. The Morgan fingerprint density at radius 3 is 2.62 bits per heavy atom. The summed E-state index contributed by atoms with van der Waals surface area (Å²) < 4.78 is 23.6. The molecule has 0 bridgehead atoms. The summed E-state index contributed by atoms with van der Waals surface area (Å²) in [6.45, 7) is 4.15. The number of hydrogen-bond donors (Lipinski definition) is 1. The average Bonchev–Trinajstić information content (AvgIpc) is 2.17. The summed E-state index contributed by atoms with van der Waals surface area (Å²) in [7, 11) is 1.60. The van der Waals surface area contributed by atoms with Crippen LogP contribution in [0.1, 0.15) is 25.5 Å². The molecular weight excluding hydrogens is 209 g/mol. The van der Waals surface area contributed by atoms with Crippen molar-refractivity contribution in [3.63, 3.8) is 0 Å². The SMILES string of the molecule is COCC(C)Oc1cc(F)ccc1[C@@H](C)N. The molecule has 4 heteroatoms. The fourth-order valence-corrected chi connectivity index (χ4v) is 1.47. The van der Waals surface area contributed by atoms with Crippen LogP contribution in [0.4, 0.5) is 4.39 Å². The summed E-state index contributed by atoms with van der Waals surface area (Å²) in [4.78, 5) is 0. The van der Waals surface area contributed by atoms with Gasteiger partial charge >= 0.3 is 0 Å². The van der Waals surface area contributed by atoms with E-state index in [1.54, 1.807) is 13.2 Å². The van der Waals surface area contributed by atoms with Crippen molar-refractivity contribution in [3.05, 3.63) is 29.6 Å². The van der Waals surface area contributed by atoms with Crippen LogP contribution in [-0.2, 0) is 4.74 Å². The van der Waals surface area contributed by atoms with Crippen molar-refractivity contribution in [1.29, 1.82) is 0 Å². The van der Waals surface area contributed by atoms with Crippen molar-refractivity contribution in [2.24, 2.45) is 5.73 Å². The fourth-order valence-electron chi connectivity index (χ4n) is 1.47. The Hall–Kier alpha value is -1.13. The van der Waals surface area contributed by atoms with Gasteiger partial charge in [0.05, 0.1) is 6.61 Å². The molecule has 0 saturated heterocycles. The molecule has 0 radical (unpaired) electrons. The summed E-state index contributed by atoms with van der Waals surface area (Å²) in [6, 6.07) is 4.19. The zero-order valence-electron chi connectivity index (χ0n) is 9.87. The molecular formula is C12H18FNO2. The van der Waals surface area contributed by atoms with Gasteiger partial charge in [-0.25, -0.2) is 4.39 Å². The van der Waals surface area contributed by atoms with Gasteiger partial charge in [0.15, 0.2) is 0 Å². The van der Waals surface area contributed by atoms with Gasteiger partial charge < -0.3 is 15.2 Å². The first kappa shape index (κ1) is 12.9. The standard InChI is InChI=1S/C12H18FNO2/c1-8(7-15-3)16-12-6-10(13)4-5-11(12)9(2)14/h4-6,8-9H,7,14H2,1-3H3/t8?,9-/m1/s1. The third kappa shape index (κ3) is 3.47. The molecule has 90 valence electrons. The predicted octanol–water partition coefficient (Wildman–Crippen LogP) is 2.26. The summed E-state index contributed by atoms with van der Waals surface area (Å²) in [5.41, 5.74) is 6.58. The summed E-state index contributed by atoms with van der Waals surface area (Å²) >= 11 is 0. The van der Waals surface area contributed by atoms with E-state index in [1.165, 1.54) is 12.1 Å². The van der Waals surface area contributed by atoms with Crippen LogP contribution in [-0.4, -0.2) is 19.8 Å². The maximum absolute atomic E-state index is 13.1. The molecule has 1 unspecified atom stereocenters. The molecule has 0 aromatic heterocycles. The fraction of sp³-hybridized carbons (Fsp3) is 0.500. The molecule has 16 heavy (non-hydrogen) atoms. The number of hydrogen-bond acceptors (Lipinski definition) is 3. The monoisotopic (exact) mass is 227 g/mol. The van der Waals surface area contributed by atoms with Crippen LogP contribution in [0.2, 0.25) is 0 Å². The van der Waals surface area contributed by atoms with Crippen LogP contribution in [0, 0.1) is 5.82 Å². The van der Waals surface area contributed by atoms with E-state index in [0.717, 1.165) is 5.56 Å². The van der Waals surface area contributed by atoms with E-state index in [-0.39, 0.29) is 18.0 Å². The summed E-state index contributed by atoms with van der Waals surface area (Å²) in [5, 5.41) is 0. The Morgan fingerprint density at radius 2 is 2.06 bits per heavy atom. The van der Waals surface area contributed by atoms with Crippen molar-refractivity contribution < 1.29 is 13.9 Å². The zero-order valence-corrected chi connectivity index (χ0v) is 9.87. The zero-order chi connectivity index (χ0) is 12.1. The van der Waals surface area contributed by atoms with Gasteiger partial charge in [-0.2, -0.15) is 0 Å². The number of halogens is 1. The first-order chi connectivity index (χ1) is 7.54. The normalized spacial score (nSPS) is 14.6. The highest BCUT2D eigenvalue weighted by Crippen LogP contribution is 2.25. The Morgan fingerprint density at radius 1 is 1.38 bits per heavy atom. The Labute approximate surface area is 95.4 Å². The van der Waals surface area contributed by atoms with Crippen LogP contribution in [0.5, 0.6) is 5.75 Å². The molecule has 0 heterocycles. The molecule has 0 fully saturated rings. The van der Waals surface area contributed by atoms with E-state index in [0.29, 0.717) is 12.4 Å². The minimum absolute atomic E-state index is 0.135. The van der Waals surface area contributed by atoms with Gasteiger partial charge in [0.1, 0.15) is 17.7 Å². The smallest absolute Gasteiger partial charge is 0.127 e. The predicted molar refractivity (Wildman–Crippen MR) is 61.0 cm³/mol. The largest absolute Gasteiger partial charge is 0.488 e. The van der Waals surface area contributed by atoms with E-state index in [2.05, 4.69) is 0 Å². The number of benzene rings is 1. The number of methoxy groups -OCH3 is 1. The minimum atomic E-state index is -0.330. The number of nitrogens with two attached hydrogens (primary N) is 1. The molecule has 0 aliphatic heterocycles. The van der Waals surface area contributed by atoms with E-state index in [1.807, 2.05) is 13.8 Å². The van der Waals surface area contributed by atoms with Crippen LogP contribution in [0.25, 0.3) is 0 Å². The van der Waals surface area contributed by atoms with E-state index < -0.39 is 0 Å². The second-order valence-corrected chi connectivity index (χ2v) is 3.85. The number of ether oxygens (including phenoxy) is 2. The third-order valence-corrected chi connectivity index (χ3v) is 2.20. The highest BCUT2D eigenvalue weighted by Gasteiger charge is 2.12. The van der Waals surface area contributed by atoms with Crippen LogP contribution in [0.3, 0.4) is 0 Å². The van der Waals surface area contributed by atoms with Crippen LogP contribution >= 0.6 is 0 Å². The number of rotatable bonds is 5. The lowest BCUT2D eigenvalue weighted by atomic mass is 10.1. The van der Waals surface area contributed by atoms with Crippen molar-refractivity contribution in [1.82, 2.24) is 0 Å². The van der Waals surface area contributed by atoms with Crippen LogP contribution < -0.4 is 10.5 Å². The molecule has 0 saturated carbocycles. The molecule has 1 aromatic rings. The highest BCUT2D eigenvalue weighted by atomic mass is 19.1. The van der Waals surface area contributed by atoms with Gasteiger partial charge in [-0.05, 0) is 19.9 Å². The van der Waals surface area contributed by atoms with Crippen molar-refractivity contribution in [2.75, 3.05) is 13.7 Å². The van der Waals surface area contributed by atoms with E-state index in [9.17, 15) is 4.39 Å². The molecule has 2 atom stereocenters. The minimum Gasteiger partial charge on any atom is -0.488 e. The van der Waals surface area contributed by atoms with Gasteiger partial charge in [0, 0.05) is 24.8 Å². The molecule has 0 amide bonds. The highest BCUT2D eigenvalue weighted by molar-refractivity contribution is 5.36. The first-order valence-electron chi connectivity index (χ1n) is 5.25. The van der Waals surface area contributed by atoms with E-state index in [4.69, 9.17) is 15.2 Å². The van der Waals surface area contributed by atoms with Crippen LogP contribution in [0.15, 0.2) is 18.2 Å². The lowest BCUT2D eigenvalue weighted by Gasteiger charge is -2.18. The van der Waals surface area contributed by atoms with Crippen molar-refractivity contribution >= 4 is 0 Å². The maximum atomic E-state index is 13.1. The van der Waals surface area contributed by atoms with E-state index >= 15 is 0 Å². The Bertz CT molecular complexity index is 342. The quantitative estimate of drug-likeness (QED) is 0.839. The summed E-state index contributed by atoms with van der Waals surface area (Å²) in [6.07, 6.45) is -0.135. The molecule has 3 nitrogen and oxygen atoms in total. The second-order valence-electron chi connectivity index (χ2n) is 3.85. The third-order valence-electron chi connectivity index (χ3n) is 2.20.